The Morgan fingerprint density at radius 1 is 1.17 bits per heavy atom. The SMILES string of the molecule is CC(C)[C@H]1CCC2=C(CC[C@H]3[C@](C)(C(=O)O)CC(O)C[C@]23C)C1. The van der Waals surface area contributed by atoms with Gasteiger partial charge in [0.15, 0.2) is 0 Å². The van der Waals surface area contributed by atoms with E-state index in [1.165, 1.54) is 18.4 Å². The van der Waals surface area contributed by atoms with Crippen molar-refractivity contribution < 1.29 is 15.0 Å². The summed E-state index contributed by atoms with van der Waals surface area (Å²) in [6.45, 7) is 8.74. The molecule has 2 N–H and O–H groups in total. The number of aliphatic hydroxyl groups is 1. The van der Waals surface area contributed by atoms with Crippen LogP contribution in [0.5, 0.6) is 0 Å². The molecule has 3 heteroatoms. The van der Waals surface area contributed by atoms with Crippen LogP contribution in [0.3, 0.4) is 0 Å². The molecule has 1 unspecified atom stereocenters. The highest BCUT2D eigenvalue weighted by molar-refractivity contribution is 5.75. The number of allylic oxidation sites excluding steroid dienone is 2. The molecule has 5 atom stereocenters. The number of rotatable bonds is 2. The molecule has 1 saturated carbocycles. The van der Waals surface area contributed by atoms with Crippen molar-refractivity contribution in [3.8, 4) is 0 Å². The fourth-order valence-corrected chi connectivity index (χ4v) is 6.12. The maximum Gasteiger partial charge on any atom is 0.309 e. The van der Waals surface area contributed by atoms with Crippen molar-refractivity contribution in [3.63, 3.8) is 0 Å². The van der Waals surface area contributed by atoms with Crippen LogP contribution >= 0.6 is 0 Å². The summed E-state index contributed by atoms with van der Waals surface area (Å²) < 4.78 is 0. The zero-order chi connectivity index (χ0) is 17.0. The van der Waals surface area contributed by atoms with E-state index < -0.39 is 17.5 Å². The van der Waals surface area contributed by atoms with Gasteiger partial charge in [-0.25, -0.2) is 0 Å². The van der Waals surface area contributed by atoms with Gasteiger partial charge in [0.1, 0.15) is 0 Å². The predicted octanol–water partition coefficient (Wildman–Crippen LogP) is 4.40. The molecule has 0 heterocycles. The Hall–Kier alpha value is -0.830. The number of hydrogen-bond donors (Lipinski definition) is 2. The molecule has 0 radical (unpaired) electrons. The van der Waals surface area contributed by atoms with Crippen molar-refractivity contribution in [1.29, 1.82) is 0 Å². The highest BCUT2D eigenvalue weighted by Gasteiger charge is 2.58. The molecule has 0 aliphatic heterocycles. The second kappa shape index (κ2) is 5.61. The molecular formula is C20H32O3. The molecule has 0 spiro atoms. The number of fused-ring (bicyclic) bond motifs is 2. The van der Waals surface area contributed by atoms with E-state index in [0.29, 0.717) is 6.42 Å². The fourth-order valence-electron chi connectivity index (χ4n) is 6.12. The quantitative estimate of drug-likeness (QED) is 0.741. The van der Waals surface area contributed by atoms with E-state index >= 15 is 0 Å². The third kappa shape index (κ3) is 2.56. The maximum absolute atomic E-state index is 12.0. The van der Waals surface area contributed by atoms with Crippen LogP contribution in [-0.4, -0.2) is 22.3 Å². The third-order valence-corrected chi connectivity index (χ3v) is 7.41. The summed E-state index contributed by atoms with van der Waals surface area (Å²) in [5.74, 6) is 0.918. The highest BCUT2D eigenvalue weighted by Crippen LogP contribution is 2.62. The third-order valence-electron chi connectivity index (χ3n) is 7.41. The topological polar surface area (TPSA) is 57.5 Å². The molecule has 0 aromatic carbocycles. The summed E-state index contributed by atoms with van der Waals surface area (Å²) in [4.78, 5) is 12.0. The van der Waals surface area contributed by atoms with Gasteiger partial charge < -0.3 is 10.2 Å². The molecule has 23 heavy (non-hydrogen) atoms. The van der Waals surface area contributed by atoms with Gasteiger partial charge >= 0.3 is 5.97 Å². The first-order valence-electron chi connectivity index (χ1n) is 9.31. The summed E-state index contributed by atoms with van der Waals surface area (Å²) >= 11 is 0. The molecular weight excluding hydrogens is 288 g/mol. The highest BCUT2D eigenvalue weighted by atomic mass is 16.4. The molecule has 0 saturated heterocycles. The first kappa shape index (κ1) is 17.0. The van der Waals surface area contributed by atoms with Crippen molar-refractivity contribution in [2.75, 3.05) is 0 Å². The van der Waals surface area contributed by atoms with Crippen LogP contribution in [0.1, 0.15) is 72.6 Å². The van der Waals surface area contributed by atoms with Gasteiger partial charge in [-0.15, -0.1) is 0 Å². The van der Waals surface area contributed by atoms with Gasteiger partial charge in [-0.1, -0.05) is 31.9 Å². The zero-order valence-corrected chi connectivity index (χ0v) is 15.1. The Kier molecular flexibility index (Phi) is 4.15. The first-order valence-corrected chi connectivity index (χ1v) is 9.31. The zero-order valence-electron chi connectivity index (χ0n) is 15.1. The number of aliphatic carboxylic acids is 1. The summed E-state index contributed by atoms with van der Waals surface area (Å²) in [6.07, 6.45) is 6.20. The second-order valence-corrected chi connectivity index (χ2v) is 9.12. The molecule has 1 fully saturated rings. The first-order chi connectivity index (χ1) is 10.7. The smallest absolute Gasteiger partial charge is 0.309 e. The number of carboxylic acids is 1. The van der Waals surface area contributed by atoms with Crippen molar-refractivity contribution in [2.45, 2.75) is 78.7 Å². The summed E-state index contributed by atoms with van der Waals surface area (Å²) in [5, 5.41) is 20.3. The molecule has 130 valence electrons. The Morgan fingerprint density at radius 3 is 2.48 bits per heavy atom. The number of carbonyl (C=O) groups is 1. The molecule has 3 aliphatic carbocycles. The van der Waals surface area contributed by atoms with Crippen LogP contribution in [0.25, 0.3) is 0 Å². The van der Waals surface area contributed by atoms with Gasteiger partial charge in [0.2, 0.25) is 0 Å². The standard InChI is InChI=1S/C20H32O3/c1-12(2)13-5-7-16-14(9-13)6-8-17-19(16,3)10-15(21)11-20(17,4)18(22)23/h12-13,15,17,21H,5-11H2,1-4H3,(H,22,23)/t13-,15?,17+,19+,20+/m0/s1. The lowest BCUT2D eigenvalue weighted by atomic mass is 9.47. The Labute approximate surface area is 140 Å². The minimum absolute atomic E-state index is 0.125. The van der Waals surface area contributed by atoms with E-state index in [4.69, 9.17) is 0 Å². The van der Waals surface area contributed by atoms with Crippen LogP contribution in [0.4, 0.5) is 0 Å². The monoisotopic (exact) mass is 320 g/mol. The van der Waals surface area contributed by atoms with Gasteiger partial charge in [0.05, 0.1) is 11.5 Å². The second-order valence-electron chi connectivity index (χ2n) is 9.12. The predicted molar refractivity (Wildman–Crippen MR) is 91.0 cm³/mol. The fraction of sp³-hybridized carbons (Fsp3) is 0.850. The molecule has 3 rings (SSSR count). The number of carboxylic acid groups (broad SMARTS) is 1. The summed E-state index contributed by atoms with van der Waals surface area (Å²) in [7, 11) is 0. The van der Waals surface area contributed by atoms with Gasteiger partial charge in [-0.2, -0.15) is 0 Å². The van der Waals surface area contributed by atoms with Gasteiger partial charge in [-0.05, 0) is 75.0 Å². The van der Waals surface area contributed by atoms with Gasteiger partial charge in [-0.3, -0.25) is 4.79 Å². The lowest BCUT2D eigenvalue weighted by Crippen LogP contribution is -2.54. The van der Waals surface area contributed by atoms with E-state index in [-0.39, 0.29) is 11.3 Å². The van der Waals surface area contributed by atoms with Crippen molar-refractivity contribution >= 4 is 5.97 Å². The average Bonchev–Trinajstić information content (AvgIpc) is 2.45. The summed E-state index contributed by atoms with van der Waals surface area (Å²) in [6, 6.07) is 0. The minimum atomic E-state index is -0.792. The van der Waals surface area contributed by atoms with E-state index in [1.54, 1.807) is 5.57 Å². The Morgan fingerprint density at radius 2 is 1.87 bits per heavy atom. The van der Waals surface area contributed by atoms with Crippen molar-refractivity contribution in [1.82, 2.24) is 0 Å². The van der Waals surface area contributed by atoms with Gasteiger partial charge in [0, 0.05) is 0 Å². The van der Waals surface area contributed by atoms with E-state index in [9.17, 15) is 15.0 Å². The molecule has 0 aromatic rings. The van der Waals surface area contributed by atoms with Crippen LogP contribution in [0.15, 0.2) is 11.1 Å². The Bertz CT molecular complexity index is 535. The van der Waals surface area contributed by atoms with Crippen molar-refractivity contribution in [2.24, 2.45) is 28.6 Å². The normalized spacial score (nSPS) is 44.0. The molecule has 0 bridgehead atoms. The molecule has 3 aliphatic rings. The maximum atomic E-state index is 12.0. The lowest BCUT2D eigenvalue weighted by molar-refractivity contribution is -0.165. The Balaban J connectivity index is 1.99. The van der Waals surface area contributed by atoms with Crippen LogP contribution in [0, 0.1) is 28.6 Å². The van der Waals surface area contributed by atoms with Gasteiger partial charge in [0.25, 0.3) is 0 Å². The van der Waals surface area contributed by atoms with E-state index in [1.807, 2.05) is 6.92 Å². The van der Waals surface area contributed by atoms with Crippen LogP contribution in [0.2, 0.25) is 0 Å². The van der Waals surface area contributed by atoms with E-state index in [0.717, 1.165) is 37.5 Å². The minimum Gasteiger partial charge on any atom is -0.481 e. The van der Waals surface area contributed by atoms with Crippen LogP contribution in [-0.2, 0) is 4.79 Å². The largest absolute Gasteiger partial charge is 0.481 e. The average molecular weight is 320 g/mol. The molecule has 3 nitrogen and oxygen atoms in total. The van der Waals surface area contributed by atoms with Crippen LogP contribution < -0.4 is 0 Å². The molecule has 0 amide bonds. The molecule has 0 aromatic heterocycles. The number of aliphatic hydroxyl groups excluding tert-OH is 1. The van der Waals surface area contributed by atoms with Crippen molar-refractivity contribution in [3.05, 3.63) is 11.1 Å². The summed E-state index contributed by atoms with van der Waals surface area (Å²) in [5.41, 5.74) is 2.19. The lowest BCUT2D eigenvalue weighted by Gasteiger charge is -2.57. The number of hydrogen-bond acceptors (Lipinski definition) is 2. The van der Waals surface area contributed by atoms with E-state index in [2.05, 4.69) is 20.8 Å².